The molecule has 136 valence electrons. The molecule has 0 aromatic rings. The van der Waals surface area contributed by atoms with Crippen LogP contribution in [0.2, 0.25) is 0 Å². The van der Waals surface area contributed by atoms with E-state index < -0.39 is 0 Å². The molecule has 0 amide bonds. The Hall–Kier alpha value is 0.230. The number of hydrogen-bond acceptors (Lipinski definition) is 4. The van der Waals surface area contributed by atoms with Crippen LogP contribution in [0.1, 0.15) is 47.0 Å². The van der Waals surface area contributed by atoms with E-state index in [4.69, 9.17) is 4.74 Å². The van der Waals surface area contributed by atoms with Crippen LogP contribution >= 0.6 is 11.8 Å². The Morgan fingerprint density at radius 3 is 2.22 bits per heavy atom. The Morgan fingerprint density at radius 2 is 1.65 bits per heavy atom. The molecule has 0 aliphatic carbocycles. The first kappa shape index (κ1) is 19.6. The van der Waals surface area contributed by atoms with Crippen LogP contribution in [-0.4, -0.2) is 73.3 Å². The van der Waals surface area contributed by atoms with Crippen molar-refractivity contribution in [3.05, 3.63) is 0 Å². The summed E-state index contributed by atoms with van der Waals surface area (Å²) in [6, 6.07) is 0. The number of likely N-dealkylation sites (tertiary alicyclic amines) is 2. The molecule has 2 saturated heterocycles. The van der Waals surface area contributed by atoms with Gasteiger partial charge in [0, 0.05) is 44.6 Å². The normalized spacial score (nSPS) is 30.0. The van der Waals surface area contributed by atoms with Crippen LogP contribution in [0.4, 0.5) is 0 Å². The number of nitrogens with zero attached hydrogens (tertiary/aromatic N) is 2. The maximum absolute atomic E-state index is 5.53. The average molecular weight is 343 g/mol. The van der Waals surface area contributed by atoms with Crippen LogP contribution in [0.5, 0.6) is 0 Å². The van der Waals surface area contributed by atoms with Gasteiger partial charge in [-0.1, -0.05) is 20.8 Å². The van der Waals surface area contributed by atoms with E-state index in [9.17, 15) is 0 Å². The number of hydrogen-bond donors (Lipinski definition) is 0. The summed E-state index contributed by atoms with van der Waals surface area (Å²) < 4.78 is 5.91. The average Bonchev–Trinajstić information content (AvgIpc) is 3.06. The smallest absolute Gasteiger partial charge is 0.0710 e. The van der Waals surface area contributed by atoms with Crippen LogP contribution < -0.4 is 0 Å². The Morgan fingerprint density at radius 1 is 1.00 bits per heavy atom. The molecule has 3 unspecified atom stereocenters. The van der Waals surface area contributed by atoms with Gasteiger partial charge >= 0.3 is 0 Å². The van der Waals surface area contributed by atoms with Crippen molar-refractivity contribution in [3.8, 4) is 0 Å². The van der Waals surface area contributed by atoms with Gasteiger partial charge in [-0.2, -0.15) is 11.8 Å². The second kappa shape index (κ2) is 8.07. The van der Waals surface area contributed by atoms with E-state index in [0.717, 1.165) is 12.5 Å². The number of methoxy groups -OCH3 is 1. The molecule has 0 spiro atoms. The molecule has 0 N–H and O–H groups in total. The third kappa shape index (κ3) is 6.22. The molecule has 2 heterocycles. The predicted molar refractivity (Wildman–Crippen MR) is 102 cm³/mol. The second-order valence-electron chi connectivity index (χ2n) is 9.19. The Balaban J connectivity index is 1.82. The molecule has 0 aromatic heterocycles. The molecule has 2 rings (SSSR count). The van der Waals surface area contributed by atoms with Gasteiger partial charge < -0.3 is 9.64 Å². The first-order chi connectivity index (χ1) is 10.7. The van der Waals surface area contributed by atoms with E-state index in [0.29, 0.717) is 16.3 Å². The Labute approximate surface area is 148 Å². The van der Waals surface area contributed by atoms with Crippen LogP contribution in [-0.2, 0) is 4.74 Å². The van der Waals surface area contributed by atoms with Gasteiger partial charge in [0.25, 0.3) is 0 Å². The van der Waals surface area contributed by atoms with E-state index in [2.05, 4.69) is 55.5 Å². The summed E-state index contributed by atoms with van der Waals surface area (Å²) in [5.74, 6) is 0.871. The fourth-order valence-electron chi connectivity index (χ4n) is 4.32. The number of rotatable bonds is 7. The van der Waals surface area contributed by atoms with Crippen molar-refractivity contribution >= 4 is 11.8 Å². The molecule has 0 bridgehead atoms. The van der Waals surface area contributed by atoms with Crippen molar-refractivity contribution in [2.24, 2.45) is 11.3 Å². The van der Waals surface area contributed by atoms with Gasteiger partial charge in [0.2, 0.25) is 0 Å². The summed E-state index contributed by atoms with van der Waals surface area (Å²) in [6.07, 6.45) is 6.68. The van der Waals surface area contributed by atoms with Crippen molar-refractivity contribution in [2.45, 2.75) is 57.8 Å². The minimum absolute atomic E-state index is 0.380. The molecule has 0 radical (unpaired) electrons. The number of ether oxygens (including phenoxy) is 1. The fraction of sp³-hybridized carbons (Fsp3) is 1.00. The molecule has 23 heavy (non-hydrogen) atoms. The first-order valence-corrected chi connectivity index (χ1v) is 10.5. The minimum atomic E-state index is 0.380. The highest BCUT2D eigenvalue weighted by molar-refractivity contribution is 8.00. The SMILES string of the molecule is COC1CCN(CC(C)(CC2CCN(CC(C)(C)C)C2)SC)C1. The Kier molecular flexibility index (Phi) is 6.86. The van der Waals surface area contributed by atoms with Crippen molar-refractivity contribution in [3.63, 3.8) is 0 Å². The van der Waals surface area contributed by atoms with Gasteiger partial charge in [0.1, 0.15) is 0 Å². The third-order valence-electron chi connectivity index (χ3n) is 5.40. The largest absolute Gasteiger partial charge is 0.380 e. The van der Waals surface area contributed by atoms with E-state index in [1.807, 2.05) is 7.11 Å². The summed E-state index contributed by atoms with van der Waals surface area (Å²) in [5, 5.41) is 0. The third-order valence-corrected chi connectivity index (χ3v) is 6.68. The fourth-order valence-corrected chi connectivity index (χ4v) is 5.04. The quantitative estimate of drug-likeness (QED) is 0.702. The molecule has 3 atom stereocenters. The summed E-state index contributed by atoms with van der Waals surface area (Å²) in [4.78, 5) is 5.30. The van der Waals surface area contributed by atoms with Crippen molar-refractivity contribution < 1.29 is 4.74 Å². The zero-order valence-electron chi connectivity index (χ0n) is 16.2. The topological polar surface area (TPSA) is 15.7 Å². The maximum Gasteiger partial charge on any atom is 0.0710 e. The zero-order valence-corrected chi connectivity index (χ0v) is 17.0. The maximum atomic E-state index is 5.53. The molecule has 2 fully saturated rings. The molecule has 4 heteroatoms. The van der Waals surface area contributed by atoms with E-state index in [-0.39, 0.29) is 0 Å². The lowest BCUT2D eigenvalue weighted by Gasteiger charge is -2.34. The second-order valence-corrected chi connectivity index (χ2v) is 10.6. The highest BCUT2D eigenvalue weighted by Gasteiger charge is 2.35. The minimum Gasteiger partial charge on any atom is -0.380 e. The van der Waals surface area contributed by atoms with Gasteiger partial charge in [0.05, 0.1) is 6.10 Å². The highest BCUT2D eigenvalue weighted by atomic mass is 32.2. The van der Waals surface area contributed by atoms with Crippen molar-refractivity contribution in [1.29, 1.82) is 0 Å². The van der Waals surface area contributed by atoms with Crippen LogP contribution in [0.15, 0.2) is 0 Å². The molecular formula is C19H38N2OS. The summed E-state index contributed by atoms with van der Waals surface area (Å²) >= 11 is 2.07. The van der Waals surface area contributed by atoms with Gasteiger partial charge in [0.15, 0.2) is 0 Å². The molecule has 2 aliphatic rings. The predicted octanol–water partition coefficient (Wildman–Crippen LogP) is 3.59. The number of thioether (sulfide) groups is 1. The van der Waals surface area contributed by atoms with Crippen molar-refractivity contribution in [1.82, 2.24) is 9.80 Å². The van der Waals surface area contributed by atoms with Gasteiger partial charge in [-0.05, 0) is 50.3 Å². The van der Waals surface area contributed by atoms with Gasteiger partial charge in [-0.3, -0.25) is 4.90 Å². The molecule has 0 aromatic carbocycles. The summed E-state index contributed by atoms with van der Waals surface area (Å²) in [7, 11) is 1.85. The first-order valence-electron chi connectivity index (χ1n) is 9.26. The van der Waals surface area contributed by atoms with Crippen molar-refractivity contribution in [2.75, 3.05) is 52.6 Å². The van der Waals surface area contributed by atoms with E-state index in [1.54, 1.807) is 0 Å². The van der Waals surface area contributed by atoms with Gasteiger partial charge in [-0.15, -0.1) is 0 Å². The van der Waals surface area contributed by atoms with E-state index >= 15 is 0 Å². The lowest BCUT2D eigenvalue weighted by Crippen LogP contribution is -2.40. The Bertz CT molecular complexity index is 371. The van der Waals surface area contributed by atoms with Crippen LogP contribution in [0.25, 0.3) is 0 Å². The lowest BCUT2D eigenvalue weighted by atomic mass is 9.93. The molecule has 3 nitrogen and oxygen atoms in total. The lowest BCUT2D eigenvalue weighted by molar-refractivity contribution is 0.106. The summed E-state index contributed by atoms with van der Waals surface area (Å²) in [5.41, 5.74) is 0.419. The van der Waals surface area contributed by atoms with E-state index in [1.165, 1.54) is 52.0 Å². The highest BCUT2D eigenvalue weighted by Crippen LogP contribution is 2.36. The molecule has 2 aliphatic heterocycles. The summed E-state index contributed by atoms with van der Waals surface area (Å²) in [6.45, 7) is 16.9. The van der Waals surface area contributed by atoms with Crippen LogP contribution in [0.3, 0.4) is 0 Å². The zero-order chi connectivity index (χ0) is 17.1. The molecule has 0 saturated carbocycles. The monoisotopic (exact) mass is 342 g/mol. The molecular weight excluding hydrogens is 304 g/mol. The van der Waals surface area contributed by atoms with Crippen LogP contribution in [0, 0.1) is 11.3 Å². The standard InChI is InChI=1S/C19H38N2OS/c1-18(2,3)14-20-9-7-16(12-20)11-19(4,23-6)15-21-10-8-17(13-21)22-5/h16-17H,7-15H2,1-6H3. The van der Waals surface area contributed by atoms with Gasteiger partial charge in [-0.25, -0.2) is 0 Å².